The molecule has 0 spiro atoms. The normalized spacial score (nSPS) is 14.3. The molecule has 1 aliphatic rings. The number of benzene rings is 1. The van der Waals surface area contributed by atoms with Crippen LogP contribution in [0.25, 0.3) is 11.1 Å². The van der Waals surface area contributed by atoms with E-state index in [2.05, 4.69) is 10.3 Å². The topological polar surface area (TPSA) is 46.4 Å². The average Bonchev–Trinajstić information content (AvgIpc) is 2.96. The molecule has 9 heteroatoms. The van der Waals surface area contributed by atoms with Crippen molar-refractivity contribution in [3.63, 3.8) is 0 Å². The molecule has 0 saturated carbocycles. The molecular weight excluding hydrogens is 369 g/mol. The average molecular weight is 379 g/mol. The summed E-state index contributed by atoms with van der Waals surface area (Å²) in [5.41, 5.74) is -1.08. The van der Waals surface area contributed by atoms with Crippen LogP contribution in [0, 0.1) is 11.6 Å². The van der Waals surface area contributed by atoms with Crippen LogP contribution in [0.2, 0.25) is 0 Å². The van der Waals surface area contributed by atoms with Crippen molar-refractivity contribution in [2.45, 2.75) is 12.6 Å². The van der Waals surface area contributed by atoms with E-state index in [0.717, 1.165) is 6.07 Å². The van der Waals surface area contributed by atoms with Gasteiger partial charge in [0.15, 0.2) is 23.2 Å². The zero-order valence-electron chi connectivity index (χ0n) is 13.4. The third-order valence-corrected chi connectivity index (χ3v) is 4.25. The summed E-state index contributed by atoms with van der Waals surface area (Å²) < 4.78 is 68.7. The number of allylic oxidation sites excluding steroid dienone is 2. The van der Waals surface area contributed by atoms with Gasteiger partial charge in [-0.3, -0.25) is 4.79 Å². The highest BCUT2D eigenvalue weighted by atomic mass is 19.4. The standard InChI is InChI=1S/C18H10F5N3O/c19-13-2-1-3-14(15(13)20)25-17-16-10-6-9(27)7-12(18(21,22)23)11(10)8-26(16)5-4-24-17/h1-5,7-8H,6H2,(H,24,25). The second kappa shape index (κ2) is 5.90. The first-order chi connectivity index (χ1) is 12.8. The monoisotopic (exact) mass is 379 g/mol. The Morgan fingerprint density at radius 1 is 1.19 bits per heavy atom. The van der Waals surface area contributed by atoms with Gasteiger partial charge in [0.2, 0.25) is 0 Å². The molecule has 0 aliphatic heterocycles. The Balaban J connectivity index is 1.90. The van der Waals surface area contributed by atoms with Crippen LogP contribution >= 0.6 is 0 Å². The van der Waals surface area contributed by atoms with Gasteiger partial charge in [-0.05, 0) is 23.8 Å². The van der Waals surface area contributed by atoms with E-state index < -0.39 is 29.2 Å². The van der Waals surface area contributed by atoms with E-state index in [4.69, 9.17) is 0 Å². The lowest BCUT2D eigenvalue weighted by atomic mass is 9.92. The number of rotatable bonds is 2. The highest BCUT2D eigenvalue weighted by Crippen LogP contribution is 2.41. The predicted octanol–water partition coefficient (Wildman–Crippen LogP) is 4.43. The summed E-state index contributed by atoms with van der Waals surface area (Å²) in [7, 11) is 0. The molecule has 0 atom stereocenters. The van der Waals surface area contributed by atoms with Gasteiger partial charge in [-0.1, -0.05) is 6.07 Å². The van der Waals surface area contributed by atoms with Crippen molar-refractivity contribution >= 4 is 28.4 Å². The van der Waals surface area contributed by atoms with Gasteiger partial charge in [0.05, 0.1) is 16.8 Å². The van der Waals surface area contributed by atoms with Gasteiger partial charge in [0.1, 0.15) is 0 Å². The summed E-state index contributed by atoms with van der Waals surface area (Å²) in [6, 6.07) is 3.49. The molecule has 27 heavy (non-hydrogen) atoms. The second-order valence-electron chi connectivity index (χ2n) is 5.98. The van der Waals surface area contributed by atoms with E-state index in [0.29, 0.717) is 6.08 Å². The minimum Gasteiger partial charge on any atom is -0.336 e. The predicted molar refractivity (Wildman–Crippen MR) is 87.6 cm³/mol. The number of carbonyl (C=O) groups excluding carboxylic acids is 1. The molecule has 0 bridgehead atoms. The van der Waals surface area contributed by atoms with Crippen LogP contribution in [0.4, 0.5) is 33.5 Å². The second-order valence-corrected chi connectivity index (χ2v) is 5.98. The van der Waals surface area contributed by atoms with E-state index in [1.165, 1.54) is 35.1 Å². The number of alkyl halides is 3. The number of anilines is 2. The van der Waals surface area contributed by atoms with E-state index in [1.54, 1.807) is 0 Å². The van der Waals surface area contributed by atoms with E-state index in [9.17, 15) is 26.7 Å². The van der Waals surface area contributed by atoms with Crippen LogP contribution in [-0.2, 0) is 11.2 Å². The molecular formula is C18H10F5N3O. The third-order valence-electron chi connectivity index (χ3n) is 4.25. The fraction of sp³-hybridized carbons (Fsp3) is 0.111. The Kier molecular flexibility index (Phi) is 3.76. The van der Waals surface area contributed by atoms with E-state index in [1.807, 2.05) is 0 Å². The number of carbonyl (C=O) groups is 1. The number of hydrogen-bond donors (Lipinski definition) is 1. The number of nitrogens with zero attached hydrogens (tertiary/aromatic N) is 2. The van der Waals surface area contributed by atoms with Crippen molar-refractivity contribution in [3.05, 3.63) is 65.6 Å². The Labute approximate surface area is 148 Å². The van der Waals surface area contributed by atoms with Gasteiger partial charge in [-0.2, -0.15) is 13.2 Å². The van der Waals surface area contributed by atoms with Gasteiger partial charge < -0.3 is 9.72 Å². The summed E-state index contributed by atoms with van der Waals surface area (Å²) in [4.78, 5) is 15.9. The number of hydrogen-bond acceptors (Lipinski definition) is 3. The lowest BCUT2D eigenvalue weighted by Crippen LogP contribution is -2.18. The molecule has 0 fully saturated rings. The maximum Gasteiger partial charge on any atom is 0.417 e. The molecule has 0 amide bonds. The van der Waals surface area contributed by atoms with Crippen LogP contribution in [0.1, 0.15) is 11.1 Å². The number of fused-ring (bicyclic) bond motifs is 3. The van der Waals surface area contributed by atoms with E-state index in [-0.39, 0.29) is 34.6 Å². The zero-order chi connectivity index (χ0) is 19.3. The Bertz CT molecular complexity index is 1110. The minimum absolute atomic E-state index is 0.0134. The number of halogens is 5. The third kappa shape index (κ3) is 2.84. The maximum absolute atomic E-state index is 13.9. The summed E-state index contributed by atoms with van der Waals surface area (Å²) in [5.74, 6) is -2.91. The van der Waals surface area contributed by atoms with Crippen molar-refractivity contribution in [2.24, 2.45) is 0 Å². The molecule has 4 rings (SSSR count). The summed E-state index contributed by atoms with van der Waals surface area (Å²) >= 11 is 0. The lowest BCUT2D eigenvalue weighted by Gasteiger charge is -2.16. The largest absolute Gasteiger partial charge is 0.417 e. The SMILES string of the molecule is O=C1C=C(C(F)(F)F)c2cn3ccnc(Nc4cccc(F)c4F)c3c2C1. The zero-order valence-corrected chi connectivity index (χ0v) is 13.4. The van der Waals surface area contributed by atoms with E-state index >= 15 is 0 Å². The molecule has 2 aromatic heterocycles. The van der Waals surface area contributed by atoms with Gasteiger partial charge in [-0.25, -0.2) is 13.8 Å². The maximum atomic E-state index is 13.9. The van der Waals surface area contributed by atoms with Crippen LogP contribution in [-0.4, -0.2) is 21.3 Å². The smallest absolute Gasteiger partial charge is 0.336 e. The lowest BCUT2D eigenvalue weighted by molar-refractivity contribution is -0.114. The number of nitrogens with one attached hydrogen (secondary N) is 1. The van der Waals surface area contributed by atoms with Gasteiger partial charge in [-0.15, -0.1) is 0 Å². The summed E-state index contributed by atoms with van der Waals surface area (Å²) in [6.45, 7) is 0. The van der Waals surface area contributed by atoms with Crippen molar-refractivity contribution in [1.29, 1.82) is 0 Å². The number of ketones is 1. The van der Waals surface area contributed by atoms with Crippen LogP contribution < -0.4 is 5.32 Å². The van der Waals surface area contributed by atoms with Crippen molar-refractivity contribution in [1.82, 2.24) is 9.38 Å². The van der Waals surface area contributed by atoms with Crippen LogP contribution in [0.3, 0.4) is 0 Å². The van der Waals surface area contributed by atoms with Crippen molar-refractivity contribution in [3.8, 4) is 0 Å². The Hall–Kier alpha value is -3.23. The van der Waals surface area contributed by atoms with Crippen LogP contribution in [0.5, 0.6) is 0 Å². The molecule has 138 valence electrons. The van der Waals surface area contributed by atoms with Gasteiger partial charge in [0, 0.05) is 30.6 Å². The van der Waals surface area contributed by atoms with Crippen molar-refractivity contribution in [2.75, 3.05) is 5.32 Å². The fourth-order valence-electron chi connectivity index (χ4n) is 3.12. The molecule has 0 radical (unpaired) electrons. The molecule has 1 N–H and O–H groups in total. The van der Waals surface area contributed by atoms with Crippen molar-refractivity contribution < 1.29 is 26.7 Å². The molecule has 4 nitrogen and oxygen atoms in total. The molecule has 1 aliphatic carbocycles. The van der Waals surface area contributed by atoms with Gasteiger partial charge in [0.25, 0.3) is 0 Å². The highest BCUT2D eigenvalue weighted by Gasteiger charge is 2.40. The first kappa shape index (κ1) is 17.2. The molecule has 1 aromatic carbocycles. The molecule has 3 aromatic rings. The number of aromatic nitrogens is 2. The van der Waals surface area contributed by atoms with Gasteiger partial charge >= 0.3 is 6.18 Å². The summed E-state index contributed by atoms with van der Waals surface area (Å²) in [6.07, 6.45) is -0.418. The first-order valence-corrected chi connectivity index (χ1v) is 7.77. The quantitative estimate of drug-likeness (QED) is 0.671. The minimum atomic E-state index is -4.70. The fourth-order valence-corrected chi connectivity index (χ4v) is 3.12. The highest BCUT2D eigenvalue weighted by molar-refractivity contribution is 6.05. The van der Waals surface area contributed by atoms with Crippen LogP contribution in [0.15, 0.2) is 42.9 Å². The molecule has 2 heterocycles. The summed E-state index contributed by atoms with van der Waals surface area (Å²) in [5, 5.41) is 2.60. The first-order valence-electron chi connectivity index (χ1n) is 7.77. The Morgan fingerprint density at radius 2 is 1.96 bits per heavy atom. The Morgan fingerprint density at radius 3 is 2.70 bits per heavy atom. The molecule has 0 unspecified atom stereocenters. The molecule has 0 saturated heterocycles.